The van der Waals surface area contributed by atoms with E-state index in [1.807, 2.05) is 0 Å². The van der Waals surface area contributed by atoms with E-state index in [1.54, 1.807) is 0 Å². The Bertz CT molecular complexity index is 334. The molecular formula is C9H8F3N. The molecule has 1 rings (SSSR count). The predicted molar refractivity (Wildman–Crippen MR) is 43.9 cm³/mol. The first kappa shape index (κ1) is 9.77. The molecule has 1 aromatic carbocycles. The van der Waals surface area contributed by atoms with Gasteiger partial charge in [-0.05, 0) is 6.92 Å². The van der Waals surface area contributed by atoms with Crippen LogP contribution in [-0.4, -0.2) is 5.71 Å². The maximum absolute atomic E-state index is 13.2. The SMILES string of the molecule is CC(=N)c1cccc(C(F)F)c1F. The molecule has 0 aliphatic heterocycles. The van der Waals surface area contributed by atoms with E-state index in [1.165, 1.54) is 19.1 Å². The van der Waals surface area contributed by atoms with Gasteiger partial charge in [0.2, 0.25) is 0 Å². The zero-order valence-corrected chi connectivity index (χ0v) is 6.94. The van der Waals surface area contributed by atoms with Gasteiger partial charge in [0.25, 0.3) is 6.43 Å². The molecule has 0 saturated heterocycles. The van der Waals surface area contributed by atoms with Crippen LogP contribution >= 0.6 is 0 Å². The van der Waals surface area contributed by atoms with Crippen LogP contribution in [0, 0.1) is 11.2 Å². The summed E-state index contributed by atoms with van der Waals surface area (Å²) in [5, 5.41) is 7.13. The molecule has 13 heavy (non-hydrogen) atoms. The van der Waals surface area contributed by atoms with Crippen molar-refractivity contribution in [3.63, 3.8) is 0 Å². The van der Waals surface area contributed by atoms with Crippen LogP contribution in [0.25, 0.3) is 0 Å². The Labute approximate surface area is 73.7 Å². The van der Waals surface area contributed by atoms with Gasteiger partial charge in [-0.25, -0.2) is 13.2 Å². The fourth-order valence-electron chi connectivity index (χ4n) is 1.01. The van der Waals surface area contributed by atoms with Crippen molar-refractivity contribution in [2.75, 3.05) is 0 Å². The van der Waals surface area contributed by atoms with Crippen molar-refractivity contribution >= 4 is 5.71 Å². The smallest absolute Gasteiger partial charge is 0.266 e. The fourth-order valence-corrected chi connectivity index (χ4v) is 1.01. The second kappa shape index (κ2) is 3.60. The molecule has 0 aliphatic rings. The molecule has 0 saturated carbocycles. The quantitative estimate of drug-likeness (QED) is 0.687. The van der Waals surface area contributed by atoms with E-state index in [0.29, 0.717) is 0 Å². The van der Waals surface area contributed by atoms with Crippen molar-refractivity contribution in [3.05, 3.63) is 35.1 Å². The van der Waals surface area contributed by atoms with Gasteiger partial charge in [-0.1, -0.05) is 18.2 Å². The summed E-state index contributed by atoms with van der Waals surface area (Å²) in [6, 6.07) is 3.65. The fraction of sp³-hybridized carbons (Fsp3) is 0.222. The molecule has 1 N–H and O–H groups in total. The van der Waals surface area contributed by atoms with Gasteiger partial charge in [-0.3, -0.25) is 0 Å². The predicted octanol–water partition coefficient (Wildman–Crippen LogP) is 3.15. The van der Waals surface area contributed by atoms with Gasteiger partial charge in [0.15, 0.2) is 0 Å². The first-order valence-electron chi connectivity index (χ1n) is 3.66. The maximum atomic E-state index is 13.2. The molecule has 0 unspecified atom stereocenters. The third kappa shape index (κ3) is 1.88. The normalized spacial score (nSPS) is 10.5. The Balaban J connectivity index is 3.26. The van der Waals surface area contributed by atoms with E-state index in [0.717, 1.165) is 6.07 Å². The summed E-state index contributed by atoms with van der Waals surface area (Å²) in [5.41, 5.74) is -0.776. The average molecular weight is 187 g/mol. The van der Waals surface area contributed by atoms with Crippen LogP contribution in [0.15, 0.2) is 18.2 Å². The minimum absolute atomic E-state index is 0.0556. The number of alkyl halides is 2. The van der Waals surface area contributed by atoms with Gasteiger partial charge < -0.3 is 5.41 Å². The number of halogens is 3. The zero-order valence-electron chi connectivity index (χ0n) is 6.94. The van der Waals surface area contributed by atoms with Gasteiger partial charge in [0.1, 0.15) is 5.82 Å². The van der Waals surface area contributed by atoms with Gasteiger partial charge >= 0.3 is 0 Å². The molecule has 1 aromatic rings. The molecule has 0 aliphatic carbocycles. The van der Waals surface area contributed by atoms with Crippen molar-refractivity contribution in [1.29, 1.82) is 5.41 Å². The van der Waals surface area contributed by atoms with E-state index in [2.05, 4.69) is 0 Å². The first-order chi connectivity index (χ1) is 6.04. The number of rotatable bonds is 2. The molecule has 0 amide bonds. The lowest BCUT2D eigenvalue weighted by molar-refractivity contribution is 0.146. The van der Waals surface area contributed by atoms with Crippen LogP contribution in [0.1, 0.15) is 24.5 Å². The van der Waals surface area contributed by atoms with E-state index < -0.39 is 17.8 Å². The third-order valence-electron chi connectivity index (χ3n) is 1.67. The Hall–Kier alpha value is -1.32. The maximum Gasteiger partial charge on any atom is 0.266 e. The van der Waals surface area contributed by atoms with Gasteiger partial charge in [0, 0.05) is 11.3 Å². The summed E-state index contributed by atoms with van der Waals surface area (Å²) < 4.78 is 37.5. The Morgan fingerprint density at radius 3 is 2.46 bits per heavy atom. The van der Waals surface area contributed by atoms with E-state index in [4.69, 9.17) is 5.41 Å². The molecule has 1 nitrogen and oxygen atoms in total. The minimum Gasteiger partial charge on any atom is -0.305 e. The molecule has 0 spiro atoms. The van der Waals surface area contributed by atoms with Gasteiger partial charge in [-0.15, -0.1) is 0 Å². The summed E-state index contributed by atoms with van der Waals surface area (Å²) in [7, 11) is 0. The topological polar surface area (TPSA) is 23.9 Å². The Morgan fingerprint density at radius 1 is 1.38 bits per heavy atom. The molecule has 70 valence electrons. The molecule has 0 fully saturated rings. The number of hydrogen-bond donors (Lipinski definition) is 1. The lowest BCUT2D eigenvalue weighted by Gasteiger charge is -2.05. The third-order valence-corrected chi connectivity index (χ3v) is 1.67. The zero-order chi connectivity index (χ0) is 10.0. The second-order valence-corrected chi connectivity index (χ2v) is 2.63. The monoisotopic (exact) mass is 187 g/mol. The Morgan fingerprint density at radius 2 is 2.00 bits per heavy atom. The minimum atomic E-state index is -2.83. The number of benzene rings is 1. The van der Waals surface area contributed by atoms with E-state index in [9.17, 15) is 13.2 Å². The highest BCUT2D eigenvalue weighted by Gasteiger charge is 2.16. The Kier molecular flexibility index (Phi) is 2.70. The van der Waals surface area contributed by atoms with E-state index in [-0.39, 0.29) is 11.3 Å². The van der Waals surface area contributed by atoms with Gasteiger partial charge in [0.05, 0.1) is 5.56 Å². The molecule has 4 heteroatoms. The van der Waals surface area contributed by atoms with Crippen LogP contribution in [-0.2, 0) is 0 Å². The lowest BCUT2D eigenvalue weighted by Crippen LogP contribution is -2.01. The van der Waals surface area contributed by atoms with E-state index >= 15 is 0 Å². The second-order valence-electron chi connectivity index (χ2n) is 2.63. The van der Waals surface area contributed by atoms with Crippen LogP contribution in [0.4, 0.5) is 13.2 Å². The van der Waals surface area contributed by atoms with Crippen LogP contribution < -0.4 is 0 Å². The summed E-state index contributed by atoms with van der Waals surface area (Å²) in [6.45, 7) is 1.35. The van der Waals surface area contributed by atoms with Crippen molar-refractivity contribution in [2.24, 2.45) is 0 Å². The van der Waals surface area contributed by atoms with Crippen molar-refractivity contribution in [1.82, 2.24) is 0 Å². The molecule has 0 atom stereocenters. The average Bonchev–Trinajstić information content (AvgIpc) is 2.03. The number of hydrogen-bond acceptors (Lipinski definition) is 1. The van der Waals surface area contributed by atoms with Crippen LogP contribution in [0.2, 0.25) is 0 Å². The molecule has 0 aromatic heterocycles. The summed E-state index contributed by atoms with van der Waals surface area (Å²) in [6.07, 6.45) is -2.83. The van der Waals surface area contributed by atoms with Crippen molar-refractivity contribution in [2.45, 2.75) is 13.3 Å². The first-order valence-corrected chi connectivity index (χ1v) is 3.66. The van der Waals surface area contributed by atoms with Crippen LogP contribution in [0.5, 0.6) is 0 Å². The molecule has 0 heterocycles. The molecule has 0 bridgehead atoms. The van der Waals surface area contributed by atoms with Crippen LogP contribution in [0.3, 0.4) is 0 Å². The molecular weight excluding hydrogens is 179 g/mol. The highest BCUT2D eigenvalue weighted by atomic mass is 19.3. The van der Waals surface area contributed by atoms with Gasteiger partial charge in [-0.2, -0.15) is 0 Å². The largest absolute Gasteiger partial charge is 0.305 e. The number of nitrogens with one attached hydrogen (secondary N) is 1. The van der Waals surface area contributed by atoms with Crippen molar-refractivity contribution < 1.29 is 13.2 Å². The summed E-state index contributed by atoms with van der Waals surface area (Å²) in [5.74, 6) is -0.995. The highest BCUT2D eigenvalue weighted by Crippen LogP contribution is 2.23. The van der Waals surface area contributed by atoms with Crippen molar-refractivity contribution in [3.8, 4) is 0 Å². The lowest BCUT2D eigenvalue weighted by atomic mass is 10.1. The summed E-state index contributed by atoms with van der Waals surface area (Å²) >= 11 is 0. The molecule has 0 radical (unpaired) electrons. The highest BCUT2D eigenvalue weighted by molar-refractivity contribution is 5.96. The standard InChI is InChI=1S/C9H8F3N/c1-5(13)6-3-2-4-7(8(6)10)9(11)12/h2-4,9,13H,1H3. The summed E-state index contributed by atoms with van der Waals surface area (Å²) in [4.78, 5) is 0.